The van der Waals surface area contributed by atoms with Gasteiger partial charge in [-0.05, 0) is 80.3 Å². The van der Waals surface area contributed by atoms with Crippen LogP contribution < -0.4 is 4.74 Å². The molecule has 2 aromatic carbocycles. The molecule has 4 aromatic rings. The molecule has 1 aliphatic heterocycles. The van der Waals surface area contributed by atoms with E-state index in [2.05, 4.69) is 52.8 Å². The Morgan fingerprint density at radius 3 is 2.56 bits per heavy atom. The van der Waals surface area contributed by atoms with E-state index >= 15 is 0 Å². The summed E-state index contributed by atoms with van der Waals surface area (Å²) in [6.07, 6.45) is 2.34. The number of nitrogens with zero attached hydrogens (tertiary/aromatic N) is 3. The van der Waals surface area contributed by atoms with Crippen molar-refractivity contribution < 1.29 is 23.5 Å². The first-order chi connectivity index (χ1) is 19.8. The van der Waals surface area contributed by atoms with Crippen LogP contribution in [0.25, 0.3) is 10.7 Å². The fraction of sp³-hybridized carbons (Fsp3) is 0.387. The van der Waals surface area contributed by atoms with Crippen LogP contribution in [0, 0.1) is 0 Å². The first kappa shape index (κ1) is 29.2. The molecule has 5 rings (SSSR count). The number of piperidine rings is 1. The van der Waals surface area contributed by atoms with E-state index in [4.69, 9.17) is 18.7 Å². The van der Waals surface area contributed by atoms with E-state index in [0.29, 0.717) is 37.2 Å². The lowest BCUT2D eigenvalue weighted by molar-refractivity contribution is -0.0359. The molecule has 8 nitrogen and oxygen atoms in total. The predicted molar refractivity (Wildman–Crippen MR) is 160 cm³/mol. The topological polar surface area (TPSA) is 86.9 Å². The van der Waals surface area contributed by atoms with E-state index in [0.717, 1.165) is 22.4 Å². The highest BCUT2D eigenvalue weighted by Crippen LogP contribution is 2.33. The van der Waals surface area contributed by atoms with E-state index in [1.165, 1.54) is 4.90 Å². The van der Waals surface area contributed by atoms with Gasteiger partial charge in [-0.15, -0.1) is 23.1 Å². The minimum absolute atomic E-state index is 0.123. The van der Waals surface area contributed by atoms with Crippen LogP contribution >= 0.6 is 23.1 Å². The van der Waals surface area contributed by atoms with Gasteiger partial charge in [0.1, 0.15) is 11.4 Å². The van der Waals surface area contributed by atoms with Crippen LogP contribution in [0.2, 0.25) is 0 Å². The number of benzene rings is 2. The molecule has 1 aliphatic rings. The van der Waals surface area contributed by atoms with Crippen LogP contribution in [-0.2, 0) is 22.7 Å². The minimum Gasteiger partial charge on any atom is -0.484 e. The average molecular weight is 594 g/mol. The molecule has 0 aliphatic carbocycles. The Labute approximate surface area is 249 Å². The van der Waals surface area contributed by atoms with Gasteiger partial charge < -0.3 is 23.6 Å². The van der Waals surface area contributed by atoms with Gasteiger partial charge in [0.15, 0.2) is 6.61 Å². The molecule has 2 aromatic heterocycles. The van der Waals surface area contributed by atoms with Gasteiger partial charge in [0.25, 0.3) is 5.89 Å². The number of aromatic nitrogens is 2. The van der Waals surface area contributed by atoms with Crippen LogP contribution in [0.1, 0.15) is 50.1 Å². The Hall–Kier alpha value is -3.34. The Bertz CT molecular complexity index is 1400. The van der Waals surface area contributed by atoms with Crippen LogP contribution in [0.5, 0.6) is 5.75 Å². The predicted octanol–water partition coefficient (Wildman–Crippen LogP) is 7.41. The Morgan fingerprint density at radius 1 is 1.10 bits per heavy atom. The molecule has 0 radical (unpaired) electrons. The first-order valence-corrected chi connectivity index (χ1v) is 15.7. The number of likely N-dealkylation sites (tertiary alicyclic amines) is 1. The Morgan fingerprint density at radius 2 is 1.88 bits per heavy atom. The monoisotopic (exact) mass is 593 g/mol. The average Bonchev–Trinajstić information content (AvgIpc) is 3.67. The summed E-state index contributed by atoms with van der Waals surface area (Å²) < 4.78 is 23.4. The van der Waals surface area contributed by atoms with Gasteiger partial charge in [-0.3, -0.25) is 0 Å². The van der Waals surface area contributed by atoms with Gasteiger partial charge in [0.05, 0.1) is 24.1 Å². The molecule has 41 heavy (non-hydrogen) atoms. The molecule has 0 saturated carbocycles. The molecule has 216 valence electrons. The van der Waals surface area contributed by atoms with Gasteiger partial charge in [0, 0.05) is 17.4 Å². The van der Waals surface area contributed by atoms with Gasteiger partial charge in [0.2, 0.25) is 5.82 Å². The Kier molecular flexibility index (Phi) is 9.32. The normalized spacial score (nSPS) is 17.4. The van der Waals surface area contributed by atoms with Crippen molar-refractivity contribution in [1.29, 1.82) is 0 Å². The molecule has 3 heterocycles. The summed E-state index contributed by atoms with van der Waals surface area (Å²) in [5, 5.41) is 6.01. The third-order valence-corrected chi connectivity index (χ3v) is 8.32. The van der Waals surface area contributed by atoms with Gasteiger partial charge >= 0.3 is 6.09 Å². The lowest BCUT2D eigenvalue weighted by Gasteiger charge is -2.39. The quantitative estimate of drug-likeness (QED) is 0.186. The maximum Gasteiger partial charge on any atom is 0.410 e. The number of rotatable bonds is 9. The summed E-state index contributed by atoms with van der Waals surface area (Å²) in [6.45, 7) is 7.37. The summed E-state index contributed by atoms with van der Waals surface area (Å²) in [5.74, 6) is 1.82. The summed E-state index contributed by atoms with van der Waals surface area (Å²) in [6, 6.07) is 20.3. The summed E-state index contributed by atoms with van der Waals surface area (Å²) in [7, 11) is 0. The van der Waals surface area contributed by atoms with E-state index in [-0.39, 0.29) is 24.7 Å². The van der Waals surface area contributed by atoms with Crippen molar-refractivity contribution in [2.75, 3.05) is 19.3 Å². The standard InChI is InChI=1S/C31H35N3O5S2/c1-31(2,3)38-30(35)34-16-15-25(26(18-34)37-19-21-7-13-24(40-4)14-8-21)22-9-11-23(12-10-22)36-20-28-32-29(33-39-28)27-6-5-17-41-27/h5-14,17,25-26H,15-16,18-20H2,1-4H3. The number of thiophene rings is 1. The number of ether oxygens (including phenoxy) is 3. The number of amides is 1. The molecule has 1 fully saturated rings. The van der Waals surface area contributed by atoms with Gasteiger partial charge in [-0.1, -0.05) is 35.5 Å². The van der Waals surface area contributed by atoms with Crippen molar-refractivity contribution in [1.82, 2.24) is 15.0 Å². The second-order valence-electron chi connectivity index (χ2n) is 10.9. The molecule has 10 heteroatoms. The highest BCUT2D eigenvalue weighted by molar-refractivity contribution is 7.98. The maximum absolute atomic E-state index is 12.9. The highest BCUT2D eigenvalue weighted by atomic mass is 32.2. The lowest BCUT2D eigenvalue weighted by Crippen LogP contribution is -2.48. The van der Waals surface area contributed by atoms with E-state index in [1.54, 1.807) is 28.0 Å². The molecule has 1 saturated heterocycles. The first-order valence-electron chi connectivity index (χ1n) is 13.6. The van der Waals surface area contributed by atoms with Crippen LogP contribution in [0.3, 0.4) is 0 Å². The minimum atomic E-state index is -0.550. The smallest absolute Gasteiger partial charge is 0.410 e. The zero-order valence-corrected chi connectivity index (χ0v) is 25.4. The van der Waals surface area contributed by atoms with E-state index in [9.17, 15) is 4.79 Å². The fourth-order valence-corrected chi connectivity index (χ4v) is 5.72. The number of carbonyl (C=O) groups excluding carboxylic acids is 1. The molecular formula is C31H35N3O5S2. The van der Waals surface area contributed by atoms with Crippen molar-refractivity contribution in [3.63, 3.8) is 0 Å². The lowest BCUT2D eigenvalue weighted by atomic mass is 9.87. The van der Waals surface area contributed by atoms with Gasteiger partial charge in [-0.2, -0.15) is 4.98 Å². The number of hydrogen-bond acceptors (Lipinski definition) is 9. The summed E-state index contributed by atoms with van der Waals surface area (Å²) in [5.41, 5.74) is 1.69. The second kappa shape index (κ2) is 13.1. The SMILES string of the molecule is CSc1ccc(COC2CN(C(=O)OC(C)(C)C)CCC2c2ccc(OCc3nc(-c4cccs4)no3)cc2)cc1. The van der Waals surface area contributed by atoms with Gasteiger partial charge in [-0.25, -0.2) is 4.79 Å². The summed E-state index contributed by atoms with van der Waals surface area (Å²) in [4.78, 5) is 21.2. The molecule has 0 N–H and O–H groups in total. The molecule has 1 amide bonds. The highest BCUT2D eigenvalue weighted by Gasteiger charge is 2.35. The zero-order valence-electron chi connectivity index (χ0n) is 23.7. The van der Waals surface area contributed by atoms with Crippen LogP contribution in [0.15, 0.2) is 75.5 Å². The molecule has 0 bridgehead atoms. The molecule has 2 unspecified atom stereocenters. The number of carbonyl (C=O) groups is 1. The number of hydrogen-bond donors (Lipinski definition) is 0. The third kappa shape index (κ3) is 7.90. The van der Waals surface area contributed by atoms with Crippen LogP contribution in [0.4, 0.5) is 4.79 Å². The molecule has 0 spiro atoms. The number of thioether (sulfide) groups is 1. The molecule has 2 atom stereocenters. The van der Waals surface area contributed by atoms with Crippen molar-refractivity contribution in [2.24, 2.45) is 0 Å². The van der Waals surface area contributed by atoms with Crippen molar-refractivity contribution in [3.8, 4) is 16.5 Å². The largest absolute Gasteiger partial charge is 0.484 e. The van der Waals surface area contributed by atoms with Crippen LogP contribution in [-0.4, -0.2) is 52.2 Å². The van der Waals surface area contributed by atoms with E-state index < -0.39 is 5.60 Å². The van der Waals surface area contributed by atoms with E-state index in [1.807, 2.05) is 50.4 Å². The summed E-state index contributed by atoms with van der Waals surface area (Å²) >= 11 is 3.27. The van der Waals surface area contributed by atoms with Crippen molar-refractivity contribution in [2.45, 2.75) is 62.9 Å². The fourth-order valence-electron chi connectivity index (χ4n) is 4.66. The molecular weight excluding hydrogens is 558 g/mol. The zero-order chi connectivity index (χ0) is 28.8. The second-order valence-corrected chi connectivity index (χ2v) is 12.7. The Balaban J connectivity index is 1.24. The van der Waals surface area contributed by atoms with Crippen molar-refractivity contribution in [3.05, 3.63) is 83.1 Å². The van der Waals surface area contributed by atoms with Crippen molar-refractivity contribution >= 4 is 29.2 Å². The maximum atomic E-state index is 12.9. The third-order valence-electron chi connectivity index (χ3n) is 6.71.